The first-order valence-corrected chi connectivity index (χ1v) is 8.40. The molecule has 1 unspecified atom stereocenters. The average molecular weight is 351 g/mol. The van der Waals surface area contributed by atoms with Crippen LogP contribution in [0.25, 0.3) is 10.1 Å². The van der Waals surface area contributed by atoms with E-state index in [1.54, 1.807) is 19.1 Å². The SMILES string of the molecule is COCC1(C(=O)O)CCN(C(=O)c2sc3cccc(F)c3c2C)C1. The Bertz CT molecular complexity index is 818. The van der Waals surface area contributed by atoms with Crippen molar-refractivity contribution < 1.29 is 23.8 Å². The summed E-state index contributed by atoms with van der Waals surface area (Å²) >= 11 is 1.25. The number of carbonyl (C=O) groups excluding carboxylic acids is 1. The predicted molar refractivity (Wildman–Crippen MR) is 89.0 cm³/mol. The van der Waals surface area contributed by atoms with E-state index in [9.17, 15) is 19.1 Å². The molecule has 1 aromatic carbocycles. The zero-order valence-electron chi connectivity index (χ0n) is 13.5. The van der Waals surface area contributed by atoms with Crippen LogP contribution in [0.2, 0.25) is 0 Å². The maximum Gasteiger partial charge on any atom is 0.313 e. The molecule has 1 amide bonds. The Labute approximate surface area is 142 Å². The number of amides is 1. The number of benzene rings is 1. The molecular formula is C17H18FNO4S. The molecule has 1 N–H and O–H groups in total. The van der Waals surface area contributed by atoms with Gasteiger partial charge in [-0.05, 0) is 31.0 Å². The van der Waals surface area contributed by atoms with Crippen LogP contribution in [0.4, 0.5) is 4.39 Å². The van der Waals surface area contributed by atoms with Crippen LogP contribution in [0.1, 0.15) is 21.7 Å². The van der Waals surface area contributed by atoms with Gasteiger partial charge in [0.1, 0.15) is 11.2 Å². The van der Waals surface area contributed by atoms with Crippen LogP contribution >= 0.6 is 11.3 Å². The lowest BCUT2D eigenvalue weighted by Gasteiger charge is -2.23. The third-order valence-electron chi connectivity index (χ3n) is 4.61. The van der Waals surface area contributed by atoms with Crippen LogP contribution in [0.3, 0.4) is 0 Å². The summed E-state index contributed by atoms with van der Waals surface area (Å²) in [6.07, 6.45) is 0.347. The number of hydrogen-bond acceptors (Lipinski definition) is 4. The number of ether oxygens (including phenoxy) is 1. The number of methoxy groups -OCH3 is 1. The van der Waals surface area contributed by atoms with Crippen LogP contribution in [0.15, 0.2) is 18.2 Å². The molecule has 2 heterocycles. The quantitative estimate of drug-likeness (QED) is 0.920. The molecule has 7 heteroatoms. The monoisotopic (exact) mass is 351 g/mol. The number of rotatable bonds is 4. The molecule has 1 atom stereocenters. The molecular weight excluding hydrogens is 333 g/mol. The van der Waals surface area contributed by atoms with Crippen molar-refractivity contribution in [3.05, 3.63) is 34.5 Å². The first-order valence-electron chi connectivity index (χ1n) is 7.59. The number of carbonyl (C=O) groups is 2. The lowest BCUT2D eigenvalue weighted by molar-refractivity contribution is -0.151. The van der Waals surface area contributed by atoms with E-state index in [0.717, 1.165) is 4.70 Å². The van der Waals surface area contributed by atoms with Crippen molar-refractivity contribution in [1.82, 2.24) is 4.90 Å². The second-order valence-corrected chi connectivity index (χ2v) is 7.22. The van der Waals surface area contributed by atoms with E-state index in [4.69, 9.17) is 4.74 Å². The molecule has 5 nitrogen and oxygen atoms in total. The van der Waals surface area contributed by atoms with Crippen molar-refractivity contribution in [2.45, 2.75) is 13.3 Å². The van der Waals surface area contributed by atoms with Crippen molar-refractivity contribution in [3.63, 3.8) is 0 Å². The van der Waals surface area contributed by atoms with Crippen LogP contribution in [0.5, 0.6) is 0 Å². The third-order valence-corrected chi connectivity index (χ3v) is 5.86. The van der Waals surface area contributed by atoms with Crippen LogP contribution in [-0.4, -0.2) is 48.7 Å². The summed E-state index contributed by atoms with van der Waals surface area (Å²) in [7, 11) is 1.45. The molecule has 1 aliphatic rings. The average Bonchev–Trinajstić information content (AvgIpc) is 3.11. The molecule has 1 saturated heterocycles. The van der Waals surface area contributed by atoms with E-state index in [1.807, 2.05) is 0 Å². The van der Waals surface area contributed by atoms with Crippen LogP contribution in [-0.2, 0) is 9.53 Å². The van der Waals surface area contributed by atoms with Crippen molar-refractivity contribution in [1.29, 1.82) is 0 Å². The van der Waals surface area contributed by atoms with Gasteiger partial charge in [-0.1, -0.05) is 6.07 Å². The minimum Gasteiger partial charge on any atom is -0.481 e. The molecule has 2 aromatic rings. The highest BCUT2D eigenvalue weighted by Gasteiger charge is 2.46. The molecule has 0 bridgehead atoms. The number of likely N-dealkylation sites (tertiary alicyclic amines) is 1. The summed E-state index contributed by atoms with van der Waals surface area (Å²) in [5.41, 5.74) is -0.460. The lowest BCUT2D eigenvalue weighted by Crippen LogP contribution is -2.40. The Morgan fingerprint density at radius 2 is 2.21 bits per heavy atom. The van der Waals surface area contributed by atoms with Gasteiger partial charge in [0.25, 0.3) is 5.91 Å². The summed E-state index contributed by atoms with van der Waals surface area (Å²) in [5.74, 6) is -1.55. The molecule has 0 saturated carbocycles. The van der Waals surface area contributed by atoms with E-state index in [-0.39, 0.29) is 24.9 Å². The van der Waals surface area contributed by atoms with Gasteiger partial charge in [0.15, 0.2) is 0 Å². The zero-order valence-corrected chi connectivity index (χ0v) is 14.3. The highest BCUT2D eigenvalue weighted by atomic mass is 32.1. The fourth-order valence-electron chi connectivity index (χ4n) is 3.28. The number of hydrogen-bond donors (Lipinski definition) is 1. The van der Waals surface area contributed by atoms with E-state index in [0.29, 0.717) is 28.8 Å². The topological polar surface area (TPSA) is 66.8 Å². The Kier molecular flexibility index (Phi) is 4.31. The molecule has 1 aliphatic heterocycles. The second-order valence-electron chi connectivity index (χ2n) is 6.16. The van der Waals surface area contributed by atoms with Gasteiger partial charge in [0.2, 0.25) is 0 Å². The van der Waals surface area contributed by atoms with Crippen LogP contribution in [0, 0.1) is 18.2 Å². The number of fused-ring (bicyclic) bond motifs is 1. The first-order chi connectivity index (χ1) is 11.4. The molecule has 128 valence electrons. The molecule has 1 fully saturated rings. The van der Waals surface area contributed by atoms with Crippen molar-refractivity contribution >= 4 is 33.3 Å². The standard InChI is InChI=1S/C17H18FNO4S/c1-10-13-11(18)4-3-5-12(13)24-14(10)15(20)19-7-6-17(8-19,9-23-2)16(21)22/h3-5H,6-9H2,1-2H3,(H,21,22). The number of nitrogens with zero attached hydrogens (tertiary/aromatic N) is 1. The lowest BCUT2D eigenvalue weighted by atomic mass is 9.88. The van der Waals surface area contributed by atoms with Gasteiger partial charge in [0.05, 0.1) is 11.5 Å². The van der Waals surface area contributed by atoms with Gasteiger partial charge in [-0.15, -0.1) is 11.3 Å². The first kappa shape index (κ1) is 16.9. The summed E-state index contributed by atoms with van der Waals surface area (Å²) in [6, 6.07) is 4.77. The smallest absolute Gasteiger partial charge is 0.313 e. The summed E-state index contributed by atoms with van der Waals surface area (Å²) in [5, 5.41) is 9.97. The van der Waals surface area contributed by atoms with E-state index >= 15 is 0 Å². The molecule has 0 spiro atoms. The van der Waals surface area contributed by atoms with Gasteiger partial charge in [-0.2, -0.15) is 0 Å². The minimum atomic E-state index is -1.07. The Balaban J connectivity index is 1.92. The number of aryl methyl sites for hydroxylation is 1. The van der Waals surface area contributed by atoms with Gasteiger partial charge in [-0.3, -0.25) is 9.59 Å². The Hall–Kier alpha value is -1.99. The molecule has 1 aromatic heterocycles. The van der Waals surface area contributed by atoms with Crippen molar-refractivity contribution in [2.24, 2.45) is 5.41 Å². The number of thiophene rings is 1. The van der Waals surface area contributed by atoms with Gasteiger partial charge in [0, 0.05) is 30.3 Å². The number of carboxylic acid groups (broad SMARTS) is 1. The van der Waals surface area contributed by atoms with E-state index < -0.39 is 11.4 Å². The fraction of sp³-hybridized carbons (Fsp3) is 0.412. The van der Waals surface area contributed by atoms with Gasteiger partial charge >= 0.3 is 5.97 Å². The molecule has 24 heavy (non-hydrogen) atoms. The van der Waals surface area contributed by atoms with E-state index in [2.05, 4.69) is 0 Å². The molecule has 0 radical (unpaired) electrons. The minimum absolute atomic E-state index is 0.0616. The number of carboxylic acids is 1. The normalized spacial score (nSPS) is 20.7. The number of aliphatic carboxylic acids is 1. The van der Waals surface area contributed by atoms with Crippen LogP contribution < -0.4 is 0 Å². The molecule has 3 rings (SSSR count). The van der Waals surface area contributed by atoms with E-state index in [1.165, 1.54) is 29.4 Å². The highest BCUT2D eigenvalue weighted by molar-refractivity contribution is 7.21. The van der Waals surface area contributed by atoms with Gasteiger partial charge < -0.3 is 14.7 Å². The largest absolute Gasteiger partial charge is 0.481 e. The summed E-state index contributed by atoms with van der Waals surface area (Å²) in [6.45, 7) is 2.24. The third kappa shape index (κ3) is 2.57. The molecule has 0 aliphatic carbocycles. The maximum atomic E-state index is 14.0. The Morgan fingerprint density at radius 1 is 1.46 bits per heavy atom. The fourth-order valence-corrected chi connectivity index (χ4v) is 4.47. The zero-order chi connectivity index (χ0) is 17.5. The Morgan fingerprint density at radius 3 is 2.83 bits per heavy atom. The van der Waals surface area contributed by atoms with Crippen molar-refractivity contribution in [2.75, 3.05) is 26.8 Å². The predicted octanol–water partition coefficient (Wildman–Crippen LogP) is 2.91. The highest BCUT2D eigenvalue weighted by Crippen LogP contribution is 2.36. The second kappa shape index (κ2) is 6.14. The summed E-state index contributed by atoms with van der Waals surface area (Å²) in [4.78, 5) is 26.4. The maximum absolute atomic E-state index is 14.0. The van der Waals surface area contributed by atoms with Crippen molar-refractivity contribution in [3.8, 4) is 0 Å². The van der Waals surface area contributed by atoms with Gasteiger partial charge in [-0.25, -0.2) is 4.39 Å². The summed E-state index contributed by atoms with van der Waals surface area (Å²) < 4.78 is 19.8. The number of halogens is 1.